The van der Waals surface area contributed by atoms with E-state index in [0.29, 0.717) is 0 Å². The van der Waals surface area contributed by atoms with Gasteiger partial charge >= 0.3 is 0 Å². The van der Waals surface area contributed by atoms with Crippen LogP contribution in [0.3, 0.4) is 0 Å². The third kappa shape index (κ3) is 3.16. The minimum absolute atomic E-state index is 0.165. The lowest BCUT2D eigenvalue weighted by molar-refractivity contribution is 0.130. The second-order valence-electron chi connectivity index (χ2n) is 5.78. The summed E-state index contributed by atoms with van der Waals surface area (Å²) in [6.07, 6.45) is 3.83. The lowest BCUT2D eigenvalue weighted by atomic mass is 10.0. The number of rotatable bonds is 4. The van der Waals surface area contributed by atoms with Gasteiger partial charge in [-0.15, -0.1) is 0 Å². The van der Waals surface area contributed by atoms with E-state index in [-0.39, 0.29) is 12.6 Å². The van der Waals surface area contributed by atoms with Crippen molar-refractivity contribution in [2.45, 2.75) is 31.2 Å². The first-order chi connectivity index (χ1) is 9.38. The van der Waals surface area contributed by atoms with Gasteiger partial charge in [-0.2, -0.15) is 0 Å². The number of hydrogen-bond acceptors (Lipinski definition) is 3. The molecule has 0 spiro atoms. The molecule has 3 rings (SSSR count). The van der Waals surface area contributed by atoms with Crippen molar-refractivity contribution in [2.24, 2.45) is 0 Å². The summed E-state index contributed by atoms with van der Waals surface area (Å²) < 4.78 is 0. The van der Waals surface area contributed by atoms with Crippen molar-refractivity contribution >= 4 is 0 Å². The standard InChI is InChI=1S/C16H24N2O/c19-12-16(18-9-2-7-17-8-10-18)15-4-1-3-14(11-15)13-5-6-13/h1,3-4,11,13,16-17,19H,2,5-10,12H2. The second-order valence-corrected chi connectivity index (χ2v) is 5.78. The second kappa shape index (κ2) is 6.04. The van der Waals surface area contributed by atoms with Gasteiger partial charge in [0.2, 0.25) is 0 Å². The van der Waals surface area contributed by atoms with Crippen LogP contribution < -0.4 is 5.32 Å². The van der Waals surface area contributed by atoms with E-state index in [2.05, 4.69) is 34.5 Å². The molecule has 0 radical (unpaired) electrons. The molecule has 0 amide bonds. The SMILES string of the molecule is OCC(c1cccc(C2CC2)c1)N1CCCNCC1. The first-order valence-electron chi connectivity index (χ1n) is 7.54. The lowest BCUT2D eigenvalue weighted by Crippen LogP contribution is -2.34. The molecule has 1 heterocycles. The van der Waals surface area contributed by atoms with E-state index in [1.807, 2.05) is 0 Å². The van der Waals surface area contributed by atoms with Crippen molar-refractivity contribution in [2.75, 3.05) is 32.8 Å². The molecule has 2 N–H and O–H groups in total. The third-order valence-electron chi connectivity index (χ3n) is 4.33. The van der Waals surface area contributed by atoms with Crippen LogP contribution in [-0.2, 0) is 0 Å². The molecule has 0 bridgehead atoms. The predicted molar refractivity (Wildman–Crippen MR) is 77.3 cm³/mol. The van der Waals surface area contributed by atoms with Crippen LogP contribution in [0.1, 0.15) is 42.3 Å². The van der Waals surface area contributed by atoms with Crippen LogP contribution in [0.2, 0.25) is 0 Å². The van der Waals surface area contributed by atoms with Crippen LogP contribution in [0.15, 0.2) is 24.3 Å². The summed E-state index contributed by atoms with van der Waals surface area (Å²) in [6.45, 7) is 4.44. The molecule has 3 heteroatoms. The van der Waals surface area contributed by atoms with Gasteiger partial charge in [0, 0.05) is 19.6 Å². The monoisotopic (exact) mass is 260 g/mol. The topological polar surface area (TPSA) is 35.5 Å². The largest absolute Gasteiger partial charge is 0.394 e. The summed E-state index contributed by atoms with van der Waals surface area (Å²) in [6, 6.07) is 9.04. The Labute approximate surface area is 115 Å². The highest BCUT2D eigenvalue weighted by atomic mass is 16.3. The maximum Gasteiger partial charge on any atom is 0.0628 e. The van der Waals surface area contributed by atoms with E-state index in [1.54, 1.807) is 0 Å². The van der Waals surface area contributed by atoms with Crippen LogP contribution in [-0.4, -0.2) is 42.8 Å². The van der Waals surface area contributed by atoms with Crippen molar-refractivity contribution in [3.63, 3.8) is 0 Å². The van der Waals surface area contributed by atoms with Gasteiger partial charge in [0.25, 0.3) is 0 Å². The average Bonchev–Trinajstić information content (AvgIpc) is 3.28. The van der Waals surface area contributed by atoms with Crippen molar-refractivity contribution in [3.05, 3.63) is 35.4 Å². The minimum atomic E-state index is 0.165. The molecule has 2 aliphatic rings. The normalized spacial score (nSPS) is 23.0. The fourth-order valence-electron chi connectivity index (χ4n) is 3.05. The third-order valence-corrected chi connectivity index (χ3v) is 4.33. The van der Waals surface area contributed by atoms with E-state index < -0.39 is 0 Å². The van der Waals surface area contributed by atoms with Gasteiger partial charge in [-0.25, -0.2) is 0 Å². The van der Waals surface area contributed by atoms with E-state index in [4.69, 9.17) is 0 Å². The molecular formula is C16H24N2O. The van der Waals surface area contributed by atoms with Crippen molar-refractivity contribution in [1.82, 2.24) is 10.2 Å². The van der Waals surface area contributed by atoms with E-state index in [1.165, 1.54) is 30.4 Å². The molecule has 2 fully saturated rings. The Balaban J connectivity index is 1.77. The van der Waals surface area contributed by atoms with Gasteiger partial charge in [0.15, 0.2) is 0 Å². The van der Waals surface area contributed by atoms with E-state index in [9.17, 15) is 5.11 Å². The number of nitrogens with zero attached hydrogens (tertiary/aromatic N) is 1. The molecule has 0 aromatic heterocycles. The molecule has 1 aromatic rings. The zero-order valence-corrected chi connectivity index (χ0v) is 11.5. The first-order valence-corrected chi connectivity index (χ1v) is 7.54. The molecule has 1 aromatic carbocycles. The highest BCUT2D eigenvalue weighted by molar-refractivity contribution is 5.31. The fraction of sp³-hybridized carbons (Fsp3) is 0.625. The summed E-state index contributed by atoms with van der Waals surface area (Å²) in [4.78, 5) is 2.42. The van der Waals surface area contributed by atoms with Crippen LogP contribution in [0.25, 0.3) is 0 Å². The first kappa shape index (κ1) is 13.1. The number of hydrogen-bond donors (Lipinski definition) is 2. The summed E-state index contributed by atoms with van der Waals surface area (Å²) in [5, 5.41) is 13.2. The molecule has 1 aliphatic heterocycles. The number of aliphatic hydroxyl groups is 1. The highest BCUT2D eigenvalue weighted by Crippen LogP contribution is 2.40. The Morgan fingerprint density at radius 2 is 2.16 bits per heavy atom. The van der Waals surface area contributed by atoms with Gasteiger partial charge in [0.05, 0.1) is 12.6 Å². The lowest BCUT2D eigenvalue weighted by Gasteiger charge is -2.29. The molecule has 1 saturated carbocycles. The van der Waals surface area contributed by atoms with Crippen molar-refractivity contribution in [1.29, 1.82) is 0 Å². The minimum Gasteiger partial charge on any atom is -0.394 e. The number of aliphatic hydroxyl groups excluding tert-OH is 1. The van der Waals surface area contributed by atoms with Crippen LogP contribution >= 0.6 is 0 Å². The van der Waals surface area contributed by atoms with Gasteiger partial charge in [-0.05, 0) is 42.9 Å². The number of benzene rings is 1. The summed E-state index contributed by atoms with van der Waals surface area (Å²) >= 11 is 0. The van der Waals surface area contributed by atoms with Crippen LogP contribution in [0, 0.1) is 0 Å². The number of nitrogens with one attached hydrogen (secondary N) is 1. The molecule has 1 aliphatic carbocycles. The molecule has 104 valence electrons. The van der Waals surface area contributed by atoms with Gasteiger partial charge in [0.1, 0.15) is 0 Å². The molecule has 1 saturated heterocycles. The van der Waals surface area contributed by atoms with Crippen molar-refractivity contribution in [3.8, 4) is 0 Å². The summed E-state index contributed by atoms with van der Waals surface area (Å²) in [5.41, 5.74) is 2.75. The smallest absolute Gasteiger partial charge is 0.0628 e. The molecule has 1 atom stereocenters. The quantitative estimate of drug-likeness (QED) is 0.868. The van der Waals surface area contributed by atoms with E-state index >= 15 is 0 Å². The van der Waals surface area contributed by atoms with Crippen LogP contribution in [0.4, 0.5) is 0 Å². The summed E-state index contributed by atoms with van der Waals surface area (Å²) in [5.74, 6) is 0.782. The Kier molecular flexibility index (Phi) is 4.16. The predicted octanol–water partition coefficient (Wildman–Crippen LogP) is 1.89. The van der Waals surface area contributed by atoms with Gasteiger partial charge in [-0.3, -0.25) is 4.90 Å². The molecular weight excluding hydrogens is 236 g/mol. The molecule has 3 nitrogen and oxygen atoms in total. The Morgan fingerprint density at radius 1 is 1.26 bits per heavy atom. The maximum atomic E-state index is 9.81. The van der Waals surface area contributed by atoms with Gasteiger partial charge in [-0.1, -0.05) is 24.3 Å². The Bertz CT molecular complexity index is 409. The molecule has 1 unspecified atom stereocenters. The molecule has 19 heavy (non-hydrogen) atoms. The van der Waals surface area contributed by atoms with Crippen LogP contribution in [0.5, 0.6) is 0 Å². The van der Waals surface area contributed by atoms with Crippen molar-refractivity contribution < 1.29 is 5.11 Å². The fourth-order valence-corrected chi connectivity index (χ4v) is 3.05. The average molecular weight is 260 g/mol. The zero-order chi connectivity index (χ0) is 13.1. The highest BCUT2D eigenvalue weighted by Gasteiger charge is 2.25. The van der Waals surface area contributed by atoms with Gasteiger partial charge < -0.3 is 10.4 Å². The maximum absolute atomic E-state index is 9.81. The summed E-state index contributed by atoms with van der Waals surface area (Å²) in [7, 11) is 0. The zero-order valence-electron chi connectivity index (χ0n) is 11.5. The van der Waals surface area contributed by atoms with E-state index in [0.717, 1.165) is 32.1 Å². The Morgan fingerprint density at radius 3 is 2.95 bits per heavy atom. The Hall–Kier alpha value is -0.900.